The molecule has 2 fully saturated rings. The number of rotatable bonds is 6. The van der Waals surface area contributed by atoms with E-state index in [1.54, 1.807) is 0 Å². The van der Waals surface area contributed by atoms with Crippen LogP contribution in [-0.2, 0) is 34.5 Å². The monoisotopic (exact) mass is 480 g/mol. The van der Waals surface area contributed by atoms with E-state index in [-0.39, 0.29) is 52.2 Å². The number of anilines is 1. The molecule has 13 heteroatoms. The van der Waals surface area contributed by atoms with Crippen LogP contribution in [0.3, 0.4) is 0 Å². The lowest BCUT2D eigenvalue weighted by atomic mass is 10.2. The van der Waals surface area contributed by atoms with E-state index in [4.69, 9.17) is 4.74 Å². The number of sulfone groups is 2. The number of carbonyl (C=O) groups is 1. The van der Waals surface area contributed by atoms with Gasteiger partial charge in [-0.05, 0) is 31.0 Å². The number of nitrogens with one attached hydrogen (secondary N) is 1. The molecule has 0 bridgehead atoms. The van der Waals surface area contributed by atoms with E-state index in [0.29, 0.717) is 0 Å². The van der Waals surface area contributed by atoms with Crippen molar-refractivity contribution in [3.63, 3.8) is 0 Å². The highest BCUT2D eigenvalue weighted by Crippen LogP contribution is 2.36. The van der Waals surface area contributed by atoms with Gasteiger partial charge in [-0.25, -0.2) is 25.3 Å². The van der Waals surface area contributed by atoms with Crippen LogP contribution in [0.5, 0.6) is 5.75 Å². The maximum Gasteiger partial charge on any atom is 0.247 e. The highest BCUT2D eigenvalue weighted by Gasteiger charge is 2.46. The van der Waals surface area contributed by atoms with Crippen LogP contribution in [0.15, 0.2) is 23.1 Å². The molecule has 2 heterocycles. The Morgan fingerprint density at radius 1 is 1.07 bits per heavy atom. The van der Waals surface area contributed by atoms with E-state index >= 15 is 0 Å². The van der Waals surface area contributed by atoms with Crippen molar-refractivity contribution in [2.45, 2.75) is 36.7 Å². The Morgan fingerprint density at radius 3 is 2.00 bits per heavy atom. The SMILES string of the molecule is COc1ccc(NC(C)=O)cc1S(=O)(=O)N([C@@H]1CCS(=O)(=O)C1)[C@@H]1CCS(=O)(=O)C1. The summed E-state index contributed by atoms with van der Waals surface area (Å²) in [7, 11) is -9.90. The summed E-state index contributed by atoms with van der Waals surface area (Å²) < 4.78 is 81.8. The first-order valence-electron chi connectivity index (χ1n) is 9.25. The number of ether oxygens (including phenoxy) is 1. The van der Waals surface area contributed by atoms with E-state index in [9.17, 15) is 30.0 Å². The van der Waals surface area contributed by atoms with Crippen molar-refractivity contribution in [2.24, 2.45) is 0 Å². The van der Waals surface area contributed by atoms with Gasteiger partial charge in [-0.3, -0.25) is 4.79 Å². The fourth-order valence-electron chi connectivity index (χ4n) is 3.92. The van der Waals surface area contributed by atoms with Crippen LogP contribution >= 0.6 is 0 Å². The van der Waals surface area contributed by atoms with Crippen LogP contribution in [0.2, 0.25) is 0 Å². The fourth-order valence-corrected chi connectivity index (χ4v) is 9.58. The molecule has 2 aliphatic heterocycles. The lowest BCUT2D eigenvalue weighted by Gasteiger charge is -2.32. The van der Waals surface area contributed by atoms with Crippen molar-refractivity contribution in [1.29, 1.82) is 0 Å². The van der Waals surface area contributed by atoms with Crippen molar-refractivity contribution in [2.75, 3.05) is 35.4 Å². The summed E-state index contributed by atoms with van der Waals surface area (Å²) in [6, 6.07) is 2.35. The summed E-state index contributed by atoms with van der Waals surface area (Å²) in [5, 5.41) is 2.50. The quantitative estimate of drug-likeness (QED) is 0.600. The number of carbonyl (C=O) groups excluding carboxylic acids is 1. The number of nitrogens with zero attached hydrogens (tertiary/aromatic N) is 1. The molecule has 1 aromatic carbocycles. The van der Waals surface area contributed by atoms with Crippen molar-refractivity contribution < 1.29 is 34.8 Å². The molecule has 0 radical (unpaired) electrons. The topological polar surface area (TPSA) is 144 Å². The zero-order chi connectivity index (χ0) is 22.3. The van der Waals surface area contributed by atoms with Gasteiger partial charge in [-0.2, -0.15) is 4.31 Å². The first-order chi connectivity index (χ1) is 13.8. The number of sulfonamides is 1. The average Bonchev–Trinajstić information content (AvgIpc) is 3.15. The predicted molar refractivity (Wildman–Crippen MR) is 110 cm³/mol. The molecule has 0 unspecified atom stereocenters. The van der Waals surface area contributed by atoms with Crippen molar-refractivity contribution >= 4 is 41.3 Å². The lowest BCUT2D eigenvalue weighted by molar-refractivity contribution is -0.114. The van der Waals surface area contributed by atoms with Gasteiger partial charge in [-0.1, -0.05) is 0 Å². The smallest absolute Gasteiger partial charge is 0.247 e. The number of hydrogen-bond acceptors (Lipinski definition) is 8. The second-order valence-electron chi connectivity index (χ2n) is 7.50. The van der Waals surface area contributed by atoms with Crippen molar-refractivity contribution in [3.05, 3.63) is 18.2 Å². The predicted octanol–water partition coefficient (Wildman–Crippen LogP) is 0.0185. The van der Waals surface area contributed by atoms with Gasteiger partial charge in [-0.15, -0.1) is 0 Å². The highest BCUT2D eigenvalue weighted by molar-refractivity contribution is 7.92. The molecule has 30 heavy (non-hydrogen) atoms. The maximum atomic E-state index is 13.7. The molecule has 10 nitrogen and oxygen atoms in total. The summed E-state index contributed by atoms with van der Waals surface area (Å²) >= 11 is 0. The minimum absolute atomic E-state index is 0.0100. The summed E-state index contributed by atoms with van der Waals surface area (Å²) in [4.78, 5) is 11.1. The molecular weight excluding hydrogens is 456 g/mol. The molecule has 2 saturated heterocycles. The maximum absolute atomic E-state index is 13.7. The van der Waals surface area contributed by atoms with E-state index in [1.165, 1.54) is 32.2 Å². The molecule has 168 valence electrons. The van der Waals surface area contributed by atoms with Crippen LogP contribution in [0, 0.1) is 0 Å². The van der Waals surface area contributed by atoms with Gasteiger partial charge < -0.3 is 10.1 Å². The molecule has 0 saturated carbocycles. The minimum atomic E-state index is -4.34. The van der Waals surface area contributed by atoms with E-state index in [0.717, 1.165) is 4.31 Å². The Hall–Kier alpha value is -1.70. The fraction of sp³-hybridized carbons (Fsp3) is 0.588. The number of amides is 1. The molecular formula is C17H24N2O8S3. The largest absolute Gasteiger partial charge is 0.495 e. The van der Waals surface area contributed by atoms with Gasteiger partial charge in [0.2, 0.25) is 15.9 Å². The normalized spacial score (nSPS) is 25.3. The molecule has 1 amide bonds. The average molecular weight is 481 g/mol. The lowest BCUT2D eigenvalue weighted by Crippen LogP contribution is -2.48. The summed E-state index contributed by atoms with van der Waals surface area (Å²) in [5.41, 5.74) is 0.222. The Labute approximate surface area is 176 Å². The second-order valence-corrected chi connectivity index (χ2v) is 13.8. The molecule has 2 aliphatic rings. The van der Waals surface area contributed by atoms with Gasteiger partial charge in [0, 0.05) is 24.7 Å². The highest BCUT2D eigenvalue weighted by atomic mass is 32.2. The zero-order valence-electron chi connectivity index (χ0n) is 16.6. The Balaban J connectivity index is 2.11. The summed E-state index contributed by atoms with van der Waals surface area (Å²) in [5.74, 6) is -1.44. The Morgan fingerprint density at radius 2 is 1.60 bits per heavy atom. The molecule has 1 aromatic rings. The van der Waals surface area contributed by atoms with Crippen molar-refractivity contribution in [1.82, 2.24) is 4.31 Å². The molecule has 0 aliphatic carbocycles. The molecule has 2 atom stereocenters. The first kappa shape index (κ1) is 23.0. The minimum Gasteiger partial charge on any atom is -0.495 e. The third kappa shape index (κ3) is 4.79. The first-order valence-corrected chi connectivity index (χ1v) is 14.3. The van der Waals surface area contributed by atoms with Crippen LogP contribution in [0.4, 0.5) is 5.69 Å². The third-order valence-electron chi connectivity index (χ3n) is 5.18. The standard InChI is InChI=1S/C17H24N2O8S3/c1-12(20)18-13-3-4-16(27-2)17(9-13)30(25,26)19(14-5-7-28(21,22)10-14)15-6-8-29(23,24)11-15/h3-4,9,14-15H,5-8,10-11H2,1-2H3,(H,18,20)/t14-,15-/m1/s1. The van der Waals surface area contributed by atoms with Gasteiger partial charge in [0.25, 0.3) is 0 Å². The van der Waals surface area contributed by atoms with E-state index < -0.39 is 47.7 Å². The molecule has 3 rings (SSSR count). The van der Waals surface area contributed by atoms with E-state index in [1.807, 2.05) is 0 Å². The van der Waals surface area contributed by atoms with Crippen LogP contribution in [0.1, 0.15) is 19.8 Å². The second kappa shape index (κ2) is 8.09. The van der Waals surface area contributed by atoms with Gasteiger partial charge in [0.15, 0.2) is 19.7 Å². The molecule has 0 aromatic heterocycles. The van der Waals surface area contributed by atoms with Crippen LogP contribution in [-0.4, -0.2) is 77.7 Å². The van der Waals surface area contributed by atoms with E-state index in [2.05, 4.69) is 5.32 Å². The number of hydrogen-bond donors (Lipinski definition) is 1. The Bertz CT molecular complexity index is 1120. The molecule has 1 N–H and O–H groups in total. The van der Waals surface area contributed by atoms with Gasteiger partial charge in [0.05, 0.1) is 30.1 Å². The third-order valence-corrected chi connectivity index (χ3v) is 10.7. The summed E-state index contributed by atoms with van der Waals surface area (Å²) in [6.45, 7) is 1.28. The zero-order valence-corrected chi connectivity index (χ0v) is 19.0. The van der Waals surface area contributed by atoms with Crippen LogP contribution in [0.25, 0.3) is 0 Å². The van der Waals surface area contributed by atoms with Crippen molar-refractivity contribution in [3.8, 4) is 5.75 Å². The summed E-state index contributed by atoms with van der Waals surface area (Å²) in [6.07, 6.45) is 0.178. The molecule has 0 spiro atoms. The van der Waals surface area contributed by atoms with Gasteiger partial charge in [0.1, 0.15) is 10.6 Å². The number of benzene rings is 1. The van der Waals surface area contributed by atoms with Gasteiger partial charge >= 0.3 is 0 Å². The number of methoxy groups -OCH3 is 1. The van der Waals surface area contributed by atoms with Crippen LogP contribution < -0.4 is 10.1 Å². The Kier molecular flexibility index (Phi) is 6.20.